The predicted molar refractivity (Wildman–Crippen MR) is 82.7 cm³/mol. The molecule has 1 atom stereocenters. The van der Waals surface area contributed by atoms with Gasteiger partial charge in [0.15, 0.2) is 0 Å². The molecule has 0 radical (unpaired) electrons. The molecule has 22 heavy (non-hydrogen) atoms. The predicted octanol–water partition coefficient (Wildman–Crippen LogP) is 1.33. The minimum absolute atomic E-state index is 0.212. The zero-order valence-corrected chi connectivity index (χ0v) is 12.8. The quantitative estimate of drug-likeness (QED) is 0.878. The van der Waals surface area contributed by atoms with Crippen LogP contribution in [0.4, 0.5) is 5.82 Å². The number of nitrogens with zero attached hydrogens (tertiary/aromatic N) is 2. The summed E-state index contributed by atoms with van der Waals surface area (Å²) in [6.07, 6.45) is 0.457. The first kappa shape index (κ1) is 14.3. The van der Waals surface area contributed by atoms with Crippen LogP contribution in [0.1, 0.15) is 27.2 Å². The Balaban J connectivity index is 1.80. The van der Waals surface area contributed by atoms with Gasteiger partial charge >= 0.3 is 0 Å². The van der Waals surface area contributed by atoms with E-state index in [1.165, 1.54) is 0 Å². The molecule has 0 aliphatic carbocycles. The van der Waals surface area contributed by atoms with Gasteiger partial charge in [-0.2, -0.15) is 5.10 Å². The second-order valence-electron chi connectivity index (χ2n) is 5.63. The number of aromatic nitrogens is 2. The Hall–Kier alpha value is -2.63. The van der Waals surface area contributed by atoms with Crippen molar-refractivity contribution in [2.75, 3.05) is 5.32 Å². The van der Waals surface area contributed by atoms with E-state index in [4.69, 9.17) is 0 Å². The van der Waals surface area contributed by atoms with Gasteiger partial charge in [-0.1, -0.05) is 17.7 Å². The lowest BCUT2D eigenvalue weighted by Crippen LogP contribution is -2.47. The lowest BCUT2D eigenvalue weighted by Gasteiger charge is -2.23. The van der Waals surface area contributed by atoms with E-state index in [2.05, 4.69) is 15.7 Å². The maximum atomic E-state index is 12.3. The SMILES string of the molecule is Cc1cccc(C(=O)NC2Cc3c(C)nn(C)c3NC2=O)c1. The van der Waals surface area contributed by atoms with Crippen LogP contribution in [0.15, 0.2) is 24.3 Å². The van der Waals surface area contributed by atoms with Gasteiger partial charge in [0.2, 0.25) is 5.91 Å². The van der Waals surface area contributed by atoms with E-state index in [0.29, 0.717) is 17.8 Å². The van der Waals surface area contributed by atoms with Crippen molar-refractivity contribution >= 4 is 17.6 Å². The van der Waals surface area contributed by atoms with Crippen molar-refractivity contribution in [3.05, 3.63) is 46.6 Å². The number of nitrogens with one attached hydrogen (secondary N) is 2. The summed E-state index contributed by atoms with van der Waals surface area (Å²) in [4.78, 5) is 24.5. The summed E-state index contributed by atoms with van der Waals surface area (Å²) < 4.78 is 1.65. The van der Waals surface area contributed by atoms with Crippen LogP contribution in [0.25, 0.3) is 0 Å². The molecule has 0 saturated heterocycles. The summed E-state index contributed by atoms with van der Waals surface area (Å²) in [5, 5.41) is 9.92. The first-order valence-electron chi connectivity index (χ1n) is 7.16. The van der Waals surface area contributed by atoms with E-state index in [9.17, 15) is 9.59 Å². The number of hydrogen-bond acceptors (Lipinski definition) is 3. The van der Waals surface area contributed by atoms with Gasteiger partial charge in [0, 0.05) is 24.6 Å². The summed E-state index contributed by atoms with van der Waals surface area (Å²) in [6, 6.07) is 6.72. The van der Waals surface area contributed by atoms with Crippen LogP contribution >= 0.6 is 0 Å². The highest BCUT2D eigenvalue weighted by Gasteiger charge is 2.31. The van der Waals surface area contributed by atoms with Gasteiger partial charge in [0.25, 0.3) is 5.91 Å². The first-order valence-corrected chi connectivity index (χ1v) is 7.16. The molecule has 1 unspecified atom stereocenters. The average Bonchev–Trinajstić information content (AvgIpc) is 2.74. The van der Waals surface area contributed by atoms with E-state index in [0.717, 1.165) is 16.8 Å². The third kappa shape index (κ3) is 2.47. The first-order chi connectivity index (χ1) is 10.5. The van der Waals surface area contributed by atoms with Gasteiger partial charge in [-0.25, -0.2) is 0 Å². The Morgan fingerprint density at radius 1 is 1.41 bits per heavy atom. The fourth-order valence-corrected chi connectivity index (χ4v) is 2.75. The third-order valence-electron chi connectivity index (χ3n) is 3.90. The topological polar surface area (TPSA) is 76.0 Å². The number of benzene rings is 1. The fourth-order valence-electron chi connectivity index (χ4n) is 2.75. The van der Waals surface area contributed by atoms with Crippen LogP contribution in [0.5, 0.6) is 0 Å². The summed E-state index contributed by atoms with van der Waals surface area (Å²) in [7, 11) is 1.79. The molecule has 2 N–H and O–H groups in total. The number of carbonyl (C=O) groups excluding carboxylic acids is 2. The molecule has 0 spiro atoms. The van der Waals surface area contributed by atoms with E-state index >= 15 is 0 Å². The van der Waals surface area contributed by atoms with Crippen molar-refractivity contribution in [2.24, 2.45) is 7.05 Å². The number of fused-ring (bicyclic) bond motifs is 1. The normalized spacial score (nSPS) is 16.9. The molecule has 3 rings (SSSR count). The molecule has 6 nitrogen and oxygen atoms in total. The average molecular weight is 298 g/mol. The molecule has 6 heteroatoms. The monoisotopic (exact) mass is 298 g/mol. The number of amides is 2. The van der Waals surface area contributed by atoms with Gasteiger partial charge in [0.1, 0.15) is 11.9 Å². The molecular formula is C16H18N4O2. The van der Waals surface area contributed by atoms with Gasteiger partial charge in [-0.15, -0.1) is 0 Å². The summed E-state index contributed by atoms with van der Waals surface area (Å²) in [6.45, 7) is 3.82. The fraction of sp³-hybridized carbons (Fsp3) is 0.312. The van der Waals surface area contributed by atoms with Crippen LogP contribution in [-0.4, -0.2) is 27.6 Å². The van der Waals surface area contributed by atoms with Crippen molar-refractivity contribution in [3.63, 3.8) is 0 Å². The largest absolute Gasteiger partial charge is 0.340 e. The number of anilines is 1. The van der Waals surface area contributed by atoms with Gasteiger partial charge in [0.05, 0.1) is 5.69 Å². The number of rotatable bonds is 2. The van der Waals surface area contributed by atoms with Crippen LogP contribution in [0.2, 0.25) is 0 Å². The van der Waals surface area contributed by atoms with Crippen molar-refractivity contribution in [1.82, 2.24) is 15.1 Å². The molecule has 0 saturated carbocycles. The minimum atomic E-state index is -0.580. The van der Waals surface area contributed by atoms with Crippen LogP contribution in [-0.2, 0) is 18.3 Å². The molecule has 114 valence electrons. The summed E-state index contributed by atoms with van der Waals surface area (Å²) in [5.74, 6) is 0.258. The molecule has 1 aliphatic rings. The standard InChI is InChI=1S/C16H18N4O2/c1-9-5-4-6-11(7-9)15(21)17-13-8-12-10(2)19-20(3)14(12)18-16(13)22/h4-7,13H,8H2,1-3H3,(H,17,21)(H,18,22). The van der Waals surface area contributed by atoms with Crippen LogP contribution < -0.4 is 10.6 Å². The molecule has 1 aliphatic heterocycles. The highest BCUT2D eigenvalue weighted by molar-refractivity contribution is 6.02. The molecule has 0 bridgehead atoms. The van der Waals surface area contributed by atoms with Gasteiger partial charge in [-0.3, -0.25) is 14.3 Å². The van der Waals surface area contributed by atoms with Crippen molar-refractivity contribution in [3.8, 4) is 0 Å². The summed E-state index contributed by atoms with van der Waals surface area (Å²) >= 11 is 0. The second kappa shape index (κ2) is 5.29. The maximum absolute atomic E-state index is 12.3. The summed E-state index contributed by atoms with van der Waals surface area (Å²) in [5.41, 5.74) is 3.40. The number of hydrogen-bond donors (Lipinski definition) is 2. The Morgan fingerprint density at radius 3 is 2.91 bits per heavy atom. The number of aryl methyl sites for hydroxylation is 3. The number of carbonyl (C=O) groups is 2. The lowest BCUT2D eigenvalue weighted by atomic mass is 10.0. The van der Waals surface area contributed by atoms with Gasteiger partial charge in [-0.05, 0) is 26.0 Å². The Morgan fingerprint density at radius 2 is 2.18 bits per heavy atom. The third-order valence-corrected chi connectivity index (χ3v) is 3.90. The van der Waals surface area contributed by atoms with E-state index in [1.54, 1.807) is 23.9 Å². The Kier molecular flexibility index (Phi) is 3.44. The molecular weight excluding hydrogens is 280 g/mol. The Bertz CT molecular complexity index is 764. The maximum Gasteiger partial charge on any atom is 0.251 e. The van der Waals surface area contributed by atoms with Crippen molar-refractivity contribution in [2.45, 2.75) is 26.3 Å². The highest BCUT2D eigenvalue weighted by atomic mass is 16.2. The molecule has 0 fully saturated rings. The second-order valence-corrected chi connectivity index (χ2v) is 5.63. The molecule has 1 aromatic heterocycles. The molecule has 2 amide bonds. The van der Waals surface area contributed by atoms with Crippen LogP contribution in [0.3, 0.4) is 0 Å². The van der Waals surface area contributed by atoms with Crippen molar-refractivity contribution < 1.29 is 9.59 Å². The van der Waals surface area contributed by atoms with E-state index < -0.39 is 6.04 Å². The zero-order chi connectivity index (χ0) is 15.9. The zero-order valence-electron chi connectivity index (χ0n) is 12.8. The van der Waals surface area contributed by atoms with E-state index in [-0.39, 0.29) is 11.8 Å². The minimum Gasteiger partial charge on any atom is -0.340 e. The van der Waals surface area contributed by atoms with Crippen molar-refractivity contribution in [1.29, 1.82) is 0 Å². The molecule has 1 aromatic carbocycles. The van der Waals surface area contributed by atoms with Crippen LogP contribution in [0, 0.1) is 13.8 Å². The van der Waals surface area contributed by atoms with Gasteiger partial charge < -0.3 is 10.6 Å². The smallest absolute Gasteiger partial charge is 0.251 e. The highest BCUT2D eigenvalue weighted by Crippen LogP contribution is 2.25. The Labute approximate surface area is 128 Å². The van der Waals surface area contributed by atoms with E-state index in [1.807, 2.05) is 26.0 Å². The molecule has 2 heterocycles. The molecule has 2 aromatic rings. The lowest BCUT2D eigenvalue weighted by molar-refractivity contribution is -0.118.